The van der Waals surface area contributed by atoms with E-state index < -0.39 is 5.41 Å². The summed E-state index contributed by atoms with van der Waals surface area (Å²) in [4.78, 5) is 24.6. The Morgan fingerprint density at radius 1 is 1.50 bits per heavy atom. The summed E-state index contributed by atoms with van der Waals surface area (Å²) in [5.74, 6) is -0.329. The summed E-state index contributed by atoms with van der Waals surface area (Å²) < 4.78 is 0. The monoisotopic (exact) mass is 199 g/mol. The normalized spacial score (nSPS) is 23.0. The molecule has 80 valence electrons. The highest BCUT2D eigenvalue weighted by Gasteiger charge is 2.46. The molecule has 1 N–H and O–H groups in total. The van der Waals surface area contributed by atoms with Crippen molar-refractivity contribution in [3.63, 3.8) is 0 Å². The van der Waals surface area contributed by atoms with Crippen LogP contribution in [0.5, 0.6) is 0 Å². The summed E-state index contributed by atoms with van der Waals surface area (Å²) in [5.41, 5.74) is -0.598. The lowest BCUT2D eigenvalue weighted by molar-refractivity contribution is -0.144. The maximum absolute atomic E-state index is 11.8. The molecule has 1 atom stereocenters. The van der Waals surface area contributed by atoms with Crippen molar-refractivity contribution in [2.75, 3.05) is 6.61 Å². The van der Waals surface area contributed by atoms with Gasteiger partial charge in [0.2, 0.25) is 11.8 Å². The van der Waals surface area contributed by atoms with E-state index in [1.807, 2.05) is 6.92 Å². The van der Waals surface area contributed by atoms with E-state index in [-0.39, 0.29) is 30.9 Å². The van der Waals surface area contributed by atoms with Crippen LogP contribution < -0.4 is 0 Å². The number of hydrogen-bond acceptors (Lipinski definition) is 3. The second-order valence-electron chi connectivity index (χ2n) is 4.37. The summed E-state index contributed by atoms with van der Waals surface area (Å²) >= 11 is 0. The first-order valence-electron chi connectivity index (χ1n) is 4.91. The largest absolute Gasteiger partial charge is 0.394 e. The molecule has 0 spiro atoms. The number of aliphatic hydroxyl groups excluding tert-OH is 1. The lowest BCUT2D eigenvalue weighted by Gasteiger charge is -2.24. The molecule has 4 nitrogen and oxygen atoms in total. The topological polar surface area (TPSA) is 57.6 Å². The highest BCUT2D eigenvalue weighted by Crippen LogP contribution is 2.33. The zero-order valence-electron chi connectivity index (χ0n) is 8.91. The van der Waals surface area contributed by atoms with Crippen LogP contribution in [0.15, 0.2) is 0 Å². The minimum Gasteiger partial charge on any atom is -0.394 e. The van der Waals surface area contributed by atoms with Gasteiger partial charge in [-0.1, -0.05) is 20.8 Å². The molecule has 1 aliphatic heterocycles. The van der Waals surface area contributed by atoms with Gasteiger partial charge in [0.1, 0.15) is 0 Å². The summed E-state index contributed by atoms with van der Waals surface area (Å²) in [6, 6.07) is -0.350. The van der Waals surface area contributed by atoms with E-state index in [1.54, 1.807) is 13.8 Å². The Bertz CT molecular complexity index is 256. The van der Waals surface area contributed by atoms with Crippen LogP contribution in [0.3, 0.4) is 0 Å². The molecule has 1 aliphatic rings. The van der Waals surface area contributed by atoms with Gasteiger partial charge in [0.15, 0.2) is 0 Å². The first kappa shape index (κ1) is 11.2. The fourth-order valence-corrected chi connectivity index (χ4v) is 1.74. The lowest BCUT2D eigenvalue weighted by Crippen LogP contribution is -2.43. The van der Waals surface area contributed by atoms with Crippen LogP contribution in [0.25, 0.3) is 0 Å². The van der Waals surface area contributed by atoms with Crippen LogP contribution >= 0.6 is 0 Å². The Labute approximate surface area is 83.9 Å². The summed E-state index contributed by atoms with van der Waals surface area (Å²) in [5, 5.41) is 9.05. The van der Waals surface area contributed by atoms with Crippen molar-refractivity contribution in [3.8, 4) is 0 Å². The van der Waals surface area contributed by atoms with Crippen molar-refractivity contribution in [1.82, 2.24) is 4.90 Å². The molecule has 1 rings (SSSR count). The number of carbonyl (C=O) groups is 2. The number of hydrogen-bond donors (Lipinski definition) is 1. The number of imide groups is 1. The van der Waals surface area contributed by atoms with Gasteiger partial charge in [-0.3, -0.25) is 14.5 Å². The van der Waals surface area contributed by atoms with E-state index in [4.69, 9.17) is 5.11 Å². The van der Waals surface area contributed by atoms with Gasteiger partial charge in [0.05, 0.1) is 18.1 Å². The lowest BCUT2D eigenvalue weighted by atomic mass is 9.92. The molecule has 0 saturated carbocycles. The van der Waals surface area contributed by atoms with E-state index in [2.05, 4.69) is 0 Å². The molecule has 14 heavy (non-hydrogen) atoms. The predicted octanol–water partition coefficient (Wildman–Crippen LogP) is 0.542. The molecule has 1 heterocycles. The van der Waals surface area contributed by atoms with E-state index in [9.17, 15) is 9.59 Å². The number of likely N-dealkylation sites (tertiary alicyclic amines) is 1. The number of amides is 2. The van der Waals surface area contributed by atoms with Gasteiger partial charge < -0.3 is 5.11 Å². The number of aliphatic hydroxyl groups is 1. The standard InChI is InChI=1S/C10H17NO3/c1-4-7(6-12)11-8(13)5-10(2,3)9(11)14/h7,12H,4-6H2,1-3H3/t7-/m1/s1. The first-order valence-corrected chi connectivity index (χ1v) is 4.91. The number of carbonyl (C=O) groups excluding carboxylic acids is 2. The van der Waals surface area contributed by atoms with Crippen molar-refractivity contribution in [2.24, 2.45) is 5.41 Å². The van der Waals surface area contributed by atoms with Crippen molar-refractivity contribution >= 4 is 11.8 Å². The average Bonchev–Trinajstić information content (AvgIpc) is 2.29. The zero-order valence-corrected chi connectivity index (χ0v) is 8.91. The van der Waals surface area contributed by atoms with Crippen LogP contribution in [0.2, 0.25) is 0 Å². The molecular formula is C10H17NO3. The second kappa shape index (κ2) is 3.69. The van der Waals surface area contributed by atoms with E-state index in [0.717, 1.165) is 0 Å². The predicted molar refractivity (Wildman–Crippen MR) is 51.4 cm³/mol. The van der Waals surface area contributed by atoms with Crippen LogP contribution in [0, 0.1) is 5.41 Å². The smallest absolute Gasteiger partial charge is 0.235 e. The minimum atomic E-state index is -0.598. The molecule has 0 aromatic carbocycles. The first-order chi connectivity index (χ1) is 6.44. The Hall–Kier alpha value is -0.900. The quantitative estimate of drug-likeness (QED) is 0.675. The van der Waals surface area contributed by atoms with Crippen molar-refractivity contribution in [2.45, 2.75) is 39.7 Å². The molecule has 0 aromatic rings. The summed E-state index contributed by atoms with van der Waals surface area (Å²) in [7, 11) is 0. The van der Waals surface area contributed by atoms with Gasteiger partial charge in [-0.05, 0) is 6.42 Å². The Morgan fingerprint density at radius 2 is 2.07 bits per heavy atom. The van der Waals surface area contributed by atoms with Gasteiger partial charge in [0, 0.05) is 6.42 Å². The van der Waals surface area contributed by atoms with Crippen molar-refractivity contribution < 1.29 is 14.7 Å². The van der Waals surface area contributed by atoms with Gasteiger partial charge in [-0.25, -0.2) is 0 Å². The highest BCUT2D eigenvalue weighted by molar-refractivity contribution is 6.05. The third kappa shape index (κ3) is 1.66. The average molecular weight is 199 g/mol. The van der Waals surface area contributed by atoms with E-state index >= 15 is 0 Å². The fraction of sp³-hybridized carbons (Fsp3) is 0.800. The van der Waals surface area contributed by atoms with Crippen LogP contribution in [-0.2, 0) is 9.59 Å². The van der Waals surface area contributed by atoms with Crippen molar-refractivity contribution in [3.05, 3.63) is 0 Å². The maximum Gasteiger partial charge on any atom is 0.235 e. The highest BCUT2D eigenvalue weighted by atomic mass is 16.3. The molecular weight excluding hydrogens is 182 g/mol. The molecule has 1 saturated heterocycles. The Kier molecular flexibility index (Phi) is 2.95. The van der Waals surface area contributed by atoms with Crippen LogP contribution in [0.4, 0.5) is 0 Å². The van der Waals surface area contributed by atoms with Crippen LogP contribution in [0.1, 0.15) is 33.6 Å². The molecule has 0 bridgehead atoms. The second-order valence-corrected chi connectivity index (χ2v) is 4.37. The van der Waals surface area contributed by atoms with Crippen LogP contribution in [-0.4, -0.2) is 34.5 Å². The summed E-state index contributed by atoms with van der Waals surface area (Å²) in [6.45, 7) is 5.23. The zero-order chi connectivity index (χ0) is 10.9. The summed E-state index contributed by atoms with van der Waals surface area (Å²) in [6.07, 6.45) is 0.854. The SMILES string of the molecule is CC[C@H](CO)N1C(=O)CC(C)(C)C1=O. The van der Waals surface area contributed by atoms with Crippen molar-refractivity contribution in [1.29, 1.82) is 0 Å². The number of rotatable bonds is 3. The molecule has 0 aliphatic carbocycles. The molecule has 0 aromatic heterocycles. The molecule has 1 fully saturated rings. The Balaban J connectivity index is 2.90. The number of nitrogens with zero attached hydrogens (tertiary/aromatic N) is 1. The van der Waals surface area contributed by atoms with Gasteiger partial charge in [0.25, 0.3) is 0 Å². The fourth-order valence-electron chi connectivity index (χ4n) is 1.74. The van der Waals surface area contributed by atoms with E-state index in [1.165, 1.54) is 4.90 Å². The third-order valence-corrected chi connectivity index (χ3v) is 2.71. The molecule has 4 heteroatoms. The third-order valence-electron chi connectivity index (χ3n) is 2.71. The van der Waals surface area contributed by atoms with E-state index in [0.29, 0.717) is 6.42 Å². The maximum atomic E-state index is 11.8. The molecule has 2 amide bonds. The minimum absolute atomic E-state index is 0.149. The Morgan fingerprint density at radius 3 is 2.36 bits per heavy atom. The van der Waals surface area contributed by atoms with Gasteiger partial charge >= 0.3 is 0 Å². The molecule has 0 radical (unpaired) electrons. The van der Waals surface area contributed by atoms with Gasteiger partial charge in [-0.2, -0.15) is 0 Å². The molecule has 0 unspecified atom stereocenters. The van der Waals surface area contributed by atoms with Gasteiger partial charge in [-0.15, -0.1) is 0 Å².